The second kappa shape index (κ2) is 54.6. The third-order valence-corrected chi connectivity index (χ3v) is 20.2. The van der Waals surface area contributed by atoms with Gasteiger partial charge in [0, 0.05) is 38.5 Å². The highest BCUT2D eigenvalue weighted by Crippen LogP contribution is 2.19. The van der Waals surface area contributed by atoms with Gasteiger partial charge in [0.05, 0.1) is 45.2 Å². The highest BCUT2D eigenvalue weighted by Gasteiger charge is 2.39. The summed E-state index contributed by atoms with van der Waals surface area (Å²) in [6, 6.07) is 9.45. The fourth-order valence-corrected chi connectivity index (χ4v) is 12.9. The number of hydrogen-bond acceptors (Lipinski definition) is 26. The van der Waals surface area contributed by atoms with Gasteiger partial charge in [0.2, 0.25) is 94.5 Å². The molecule has 0 aliphatic carbocycles. The van der Waals surface area contributed by atoms with Crippen LogP contribution < -0.4 is 97.0 Å². The zero-order valence-corrected chi connectivity index (χ0v) is 73.0. The molecule has 14 atom stereocenters. The molecule has 5 rings (SSSR count). The Hall–Kier alpha value is -14.7. The van der Waals surface area contributed by atoms with Gasteiger partial charge in [0.1, 0.15) is 95.8 Å². The first-order chi connectivity index (χ1) is 62.5. The molecule has 0 saturated heterocycles. The Morgan fingerprint density at radius 2 is 0.636 bits per heavy atom. The van der Waals surface area contributed by atoms with E-state index in [0.29, 0.717) is 34.2 Å². The molecular weight excluding hydrogens is 1730 g/mol. The van der Waals surface area contributed by atoms with Crippen LogP contribution >= 0.6 is 0 Å². The van der Waals surface area contributed by atoms with E-state index in [0.717, 1.165) is 0 Å². The van der Waals surface area contributed by atoms with Crippen LogP contribution in [0.4, 0.5) is 0 Å². The highest BCUT2D eigenvalue weighted by atomic mass is 16.4. The molecular formula is C87H116N18O27. The smallest absolute Gasteiger partial charge is 0.326 e. The van der Waals surface area contributed by atoms with Crippen molar-refractivity contribution in [3.05, 3.63) is 161 Å². The van der Waals surface area contributed by atoms with Crippen LogP contribution in [0.3, 0.4) is 0 Å². The monoisotopic (exact) mass is 1840 g/mol. The van der Waals surface area contributed by atoms with Crippen LogP contribution in [0.25, 0.3) is 0 Å². The van der Waals surface area contributed by atoms with E-state index in [4.69, 9.17) is 22.3 Å². The van der Waals surface area contributed by atoms with E-state index in [9.17, 15) is 127 Å². The molecule has 5 aromatic rings. The average Bonchev–Trinajstić information content (AvgIpc) is 0.833. The Balaban J connectivity index is 1.28. The second-order valence-corrected chi connectivity index (χ2v) is 31.6. The highest BCUT2D eigenvalue weighted by molar-refractivity contribution is 6.01. The molecule has 0 aliphatic rings. The van der Waals surface area contributed by atoms with Gasteiger partial charge in [-0.15, -0.1) is 0 Å². The summed E-state index contributed by atoms with van der Waals surface area (Å²) < 4.78 is 0. The molecule has 132 heavy (non-hydrogen) atoms. The van der Waals surface area contributed by atoms with Gasteiger partial charge in [-0.3, -0.25) is 86.3 Å². The van der Waals surface area contributed by atoms with Gasteiger partial charge < -0.3 is 138 Å². The lowest BCUT2D eigenvalue weighted by Crippen LogP contribution is -2.62. The molecule has 0 heterocycles. The number of carboxylic acids is 3. The van der Waals surface area contributed by atoms with E-state index in [1.807, 2.05) is 0 Å². The molecule has 0 aromatic heterocycles. The van der Waals surface area contributed by atoms with Gasteiger partial charge >= 0.3 is 17.9 Å². The van der Waals surface area contributed by atoms with Crippen LogP contribution in [0.5, 0.6) is 17.2 Å². The Bertz CT molecular complexity index is 4800. The maximum atomic E-state index is 14.8. The number of aliphatic hydroxyl groups excluding tert-OH is 2. The summed E-state index contributed by atoms with van der Waals surface area (Å²) in [4.78, 5) is 257. The molecule has 45 nitrogen and oxygen atoms in total. The number of rotatable bonds is 56. The van der Waals surface area contributed by atoms with Gasteiger partial charge in [-0.2, -0.15) is 0 Å². The Morgan fingerprint density at radius 1 is 0.318 bits per heavy atom. The predicted molar refractivity (Wildman–Crippen MR) is 468 cm³/mol. The van der Waals surface area contributed by atoms with E-state index in [1.165, 1.54) is 93.6 Å². The zero-order valence-electron chi connectivity index (χ0n) is 73.0. The number of aliphatic hydroxyl groups is 2. The lowest BCUT2D eigenvalue weighted by atomic mass is 9.99. The molecule has 0 aliphatic heterocycles. The van der Waals surface area contributed by atoms with Crippen molar-refractivity contribution in [2.45, 2.75) is 196 Å². The number of carbonyl (C=O) groups is 19. The minimum absolute atomic E-state index is 0.110. The number of carboxylic acid groups (broad SMARTS) is 3. The van der Waals surface area contributed by atoms with Crippen molar-refractivity contribution in [1.82, 2.24) is 79.8 Å². The number of phenols is 3. The number of unbranched alkanes of at least 4 members (excludes halogenated alkanes) is 1. The van der Waals surface area contributed by atoms with Crippen molar-refractivity contribution >= 4 is 112 Å². The number of aliphatic carboxylic acids is 3. The third kappa shape index (κ3) is 37.9. The minimum atomic E-state index is -1.92. The van der Waals surface area contributed by atoms with Crippen molar-refractivity contribution in [1.29, 1.82) is 0 Å². The molecule has 0 spiro atoms. The standard InChI is InChI=1S/C87H116N18O27/c1-45(2)72(104-75(119)56(89)39-71(116)117)85(129)101-62(34-48-14-8-6-9-15-48)82(126)98-61(38-52-23-29-55(110)30-24-52)81(125)100-64(40-67(90)111)76(120)91-41-68(112)93-47(5)74(118)96-59(36-50-19-25-53(108)26-20-50)80(124)99-63(35-49-16-10-7-11-17-49)83(127)105-73(46(3)4)86(130)103-66(44-107)84(128)102-65(43-106)77(121)92-42-69(113)94-57(18-12-13-33-88)78(122)97-60(37-51-21-27-54(109)28-22-51)79(123)95-58(87(131)132)31-32-70(114)115/h6-11,14-17,19-30,45-47,56-66,72-73,106-110H,12-13,18,31-44,88-89H2,1-5H3,(H2,90,111)(H,91,120)(H,92,121)(H,93,112)(H,94,113)(H,95,123)(H,96,118)(H,97,122)(H,98,126)(H,99,124)(H,100,125)(H,101,129)(H,102,128)(H,103,130)(H,104,119)(H,105,127)(H,114,115)(H,116,117)(H,131,132)/t47-,56-,57-,58-,59-,60-,61-,62-,63-,64-,65-,66-,72-,73-/m0/s1. The molecule has 0 saturated carbocycles. The fourth-order valence-electron chi connectivity index (χ4n) is 12.9. The van der Waals surface area contributed by atoms with E-state index in [-0.39, 0.29) is 68.7 Å². The van der Waals surface area contributed by atoms with Crippen LogP contribution in [0.1, 0.15) is 107 Å². The zero-order chi connectivity index (χ0) is 98.0. The number of phenolic OH excluding ortho intramolecular Hbond substituents is 3. The first kappa shape index (κ1) is 108. The van der Waals surface area contributed by atoms with Gasteiger partial charge in [0.25, 0.3) is 0 Å². The molecule has 0 bridgehead atoms. The van der Waals surface area contributed by atoms with E-state index in [1.54, 1.807) is 74.5 Å². The van der Waals surface area contributed by atoms with E-state index in [2.05, 4.69) is 79.8 Å². The van der Waals surface area contributed by atoms with Crippen molar-refractivity contribution < 1.29 is 132 Å². The van der Waals surface area contributed by atoms with Crippen molar-refractivity contribution in [2.24, 2.45) is 29.0 Å². The topological polar surface area (TPSA) is 745 Å². The summed E-state index contributed by atoms with van der Waals surface area (Å²) in [7, 11) is 0. The normalized spacial score (nSPS) is 14.2. The number of hydrogen-bond donors (Lipinski definition) is 26. The molecule has 45 heteroatoms. The third-order valence-electron chi connectivity index (χ3n) is 20.2. The van der Waals surface area contributed by atoms with Crippen LogP contribution in [-0.2, 0) is 123 Å². The minimum Gasteiger partial charge on any atom is -0.508 e. The maximum Gasteiger partial charge on any atom is 0.326 e. The summed E-state index contributed by atoms with van der Waals surface area (Å²) in [5.74, 6) is -23.6. The first-order valence-electron chi connectivity index (χ1n) is 42.0. The largest absolute Gasteiger partial charge is 0.508 e. The van der Waals surface area contributed by atoms with Crippen molar-refractivity contribution in [3.63, 3.8) is 0 Å². The van der Waals surface area contributed by atoms with Crippen LogP contribution in [0.15, 0.2) is 133 Å². The number of benzene rings is 5. The van der Waals surface area contributed by atoms with Crippen molar-refractivity contribution in [2.75, 3.05) is 32.8 Å². The van der Waals surface area contributed by atoms with Crippen LogP contribution in [0.2, 0.25) is 0 Å². The lowest BCUT2D eigenvalue weighted by Gasteiger charge is -2.28. The van der Waals surface area contributed by atoms with Gasteiger partial charge in [0.15, 0.2) is 0 Å². The predicted octanol–water partition coefficient (Wildman–Crippen LogP) is -6.08. The van der Waals surface area contributed by atoms with Gasteiger partial charge in [-0.05, 0) is 115 Å². The first-order valence-corrected chi connectivity index (χ1v) is 42.0. The SMILES string of the molecule is CC(C)[C@H](NC(=O)[C@H](Cc1ccccc1)NC(=O)[C@H](Cc1ccc(O)cc1)NC(=O)[C@H](C)NC(=O)CNC(=O)[C@H](CC(N)=O)NC(=O)[C@H](Cc1ccc(O)cc1)NC(=O)[C@H](Cc1ccccc1)NC(=O)[C@@H](NC(=O)[C@@H](N)CC(=O)O)C(C)C)C(=O)N[C@@H](CO)C(=O)N[C@@H](CO)C(=O)NCC(=O)N[C@@H](CCCCN)C(=O)N[C@@H](Cc1ccc(O)cc1)C(=O)N[C@@H](CCC(=O)O)C(=O)O. The summed E-state index contributed by atoms with van der Waals surface area (Å²) in [6.07, 6.45) is -3.95. The van der Waals surface area contributed by atoms with Crippen LogP contribution in [0, 0.1) is 11.8 Å². The summed E-state index contributed by atoms with van der Waals surface area (Å²) in [5, 5.41) is 115. The number of amides is 16. The van der Waals surface area contributed by atoms with Gasteiger partial charge in [-0.25, -0.2) is 4.79 Å². The second-order valence-electron chi connectivity index (χ2n) is 31.6. The summed E-state index contributed by atoms with van der Waals surface area (Å²) in [6.45, 7) is 3.20. The molecule has 716 valence electrons. The van der Waals surface area contributed by atoms with Crippen LogP contribution in [-0.4, -0.2) is 271 Å². The lowest BCUT2D eigenvalue weighted by molar-refractivity contribution is -0.143. The van der Waals surface area contributed by atoms with E-state index < -0.39 is 261 Å². The fraction of sp³-hybridized carbons (Fsp3) is 0.437. The Morgan fingerprint density at radius 3 is 1.01 bits per heavy atom. The van der Waals surface area contributed by atoms with Crippen molar-refractivity contribution in [3.8, 4) is 17.2 Å². The summed E-state index contributed by atoms with van der Waals surface area (Å²) >= 11 is 0. The maximum absolute atomic E-state index is 14.8. The molecule has 16 amide bonds. The molecule has 0 radical (unpaired) electrons. The number of carbonyl (C=O) groups excluding carboxylic acids is 16. The molecule has 29 N–H and O–H groups in total. The summed E-state index contributed by atoms with van der Waals surface area (Å²) in [5.41, 5.74) is 19.0. The number of primary amides is 1. The Kier molecular flexibility index (Phi) is 44.6. The number of nitrogens with two attached hydrogens (primary N) is 3. The average molecular weight is 1850 g/mol. The quantitative estimate of drug-likeness (QED) is 0.0161. The molecule has 5 aromatic carbocycles. The van der Waals surface area contributed by atoms with E-state index >= 15 is 0 Å². The molecule has 0 fully saturated rings. The molecule has 0 unspecified atom stereocenters. The van der Waals surface area contributed by atoms with Gasteiger partial charge in [-0.1, -0.05) is 125 Å². The Labute approximate surface area is 757 Å². The number of aromatic hydroxyl groups is 3. The number of nitrogens with one attached hydrogen (secondary N) is 15.